The maximum Gasteiger partial charge on any atom is 0.573 e. The van der Waals surface area contributed by atoms with Crippen LogP contribution >= 0.6 is 11.3 Å². The fraction of sp³-hybridized carbons (Fsp3) is 0.158. The Morgan fingerprint density at radius 2 is 1.82 bits per heavy atom. The van der Waals surface area contributed by atoms with Crippen molar-refractivity contribution in [2.24, 2.45) is 0 Å². The zero-order valence-corrected chi connectivity index (χ0v) is 15.7. The van der Waals surface area contributed by atoms with E-state index in [1.807, 2.05) is 32.0 Å². The van der Waals surface area contributed by atoms with Crippen LogP contribution in [0.15, 0.2) is 47.8 Å². The Kier molecular flexibility index (Phi) is 5.55. The van der Waals surface area contributed by atoms with E-state index < -0.39 is 12.3 Å². The van der Waals surface area contributed by atoms with E-state index in [4.69, 9.17) is 0 Å². The highest BCUT2D eigenvalue weighted by molar-refractivity contribution is 7.14. The third-order valence-electron chi connectivity index (χ3n) is 3.71. The summed E-state index contributed by atoms with van der Waals surface area (Å²) in [7, 11) is 0. The normalized spacial score (nSPS) is 11.2. The van der Waals surface area contributed by atoms with Crippen LogP contribution < -0.4 is 15.4 Å². The number of carbonyl (C=O) groups excluding carboxylic acids is 1. The van der Waals surface area contributed by atoms with Gasteiger partial charge in [0.1, 0.15) is 11.4 Å². The Morgan fingerprint density at radius 3 is 2.46 bits per heavy atom. The van der Waals surface area contributed by atoms with Gasteiger partial charge in [0.15, 0.2) is 5.13 Å². The van der Waals surface area contributed by atoms with Gasteiger partial charge in [-0.15, -0.1) is 24.5 Å². The van der Waals surface area contributed by atoms with E-state index in [1.54, 1.807) is 5.38 Å². The fourth-order valence-corrected chi connectivity index (χ4v) is 3.14. The molecule has 0 saturated heterocycles. The number of amides is 1. The number of hydrogen-bond acceptors (Lipinski definition) is 5. The number of hydrogen-bond donors (Lipinski definition) is 2. The van der Waals surface area contributed by atoms with Crippen molar-refractivity contribution in [1.29, 1.82) is 0 Å². The van der Waals surface area contributed by atoms with E-state index in [-0.39, 0.29) is 11.4 Å². The third kappa shape index (κ3) is 5.23. The summed E-state index contributed by atoms with van der Waals surface area (Å²) in [4.78, 5) is 16.6. The van der Waals surface area contributed by atoms with Crippen molar-refractivity contribution in [1.82, 2.24) is 4.98 Å². The molecule has 1 heterocycles. The van der Waals surface area contributed by atoms with Crippen molar-refractivity contribution < 1.29 is 22.7 Å². The van der Waals surface area contributed by atoms with Crippen LogP contribution in [-0.4, -0.2) is 17.3 Å². The van der Waals surface area contributed by atoms with Crippen LogP contribution in [0.2, 0.25) is 0 Å². The first-order valence-electron chi connectivity index (χ1n) is 8.16. The quantitative estimate of drug-likeness (QED) is 0.573. The lowest BCUT2D eigenvalue weighted by Crippen LogP contribution is -2.17. The van der Waals surface area contributed by atoms with Crippen molar-refractivity contribution in [2.75, 3.05) is 10.6 Å². The summed E-state index contributed by atoms with van der Waals surface area (Å²) in [5.74, 6) is -0.825. The first-order chi connectivity index (χ1) is 13.2. The van der Waals surface area contributed by atoms with Crippen molar-refractivity contribution in [3.8, 4) is 5.75 Å². The van der Waals surface area contributed by atoms with Gasteiger partial charge >= 0.3 is 6.36 Å². The van der Waals surface area contributed by atoms with Gasteiger partial charge in [-0.25, -0.2) is 4.98 Å². The lowest BCUT2D eigenvalue weighted by molar-refractivity contribution is -0.274. The molecule has 0 aliphatic rings. The summed E-state index contributed by atoms with van der Waals surface area (Å²) in [6.45, 7) is 3.98. The monoisotopic (exact) mass is 407 g/mol. The van der Waals surface area contributed by atoms with Gasteiger partial charge in [0, 0.05) is 16.8 Å². The second-order valence-corrected chi connectivity index (χ2v) is 6.87. The molecule has 0 spiro atoms. The topological polar surface area (TPSA) is 63.2 Å². The first-order valence-corrected chi connectivity index (χ1v) is 9.04. The number of anilines is 3. The molecule has 2 aromatic carbocycles. The molecular weight excluding hydrogens is 391 g/mol. The summed E-state index contributed by atoms with van der Waals surface area (Å²) in [6, 6.07) is 10.8. The summed E-state index contributed by atoms with van der Waals surface area (Å²) in [6.07, 6.45) is -4.76. The maximum absolute atomic E-state index is 12.3. The van der Waals surface area contributed by atoms with E-state index in [9.17, 15) is 18.0 Å². The number of alkyl halides is 3. The largest absolute Gasteiger partial charge is 0.573 e. The average Bonchev–Trinajstić information content (AvgIpc) is 3.07. The Labute approximate surface area is 163 Å². The van der Waals surface area contributed by atoms with Gasteiger partial charge in [-0.1, -0.05) is 17.7 Å². The van der Waals surface area contributed by atoms with Crippen molar-refractivity contribution in [3.05, 3.63) is 64.7 Å². The van der Waals surface area contributed by atoms with Gasteiger partial charge in [-0.3, -0.25) is 4.79 Å². The van der Waals surface area contributed by atoms with Gasteiger partial charge in [0.25, 0.3) is 5.91 Å². The van der Waals surface area contributed by atoms with E-state index in [1.165, 1.54) is 23.5 Å². The van der Waals surface area contributed by atoms with Crippen LogP contribution in [0.25, 0.3) is 0 Å². The molecule has 0 fully saturated rings. The molecule has 28 heavy (non-hydrogen) atoms. The molecule has 0 atom stereocenters. The zero-order valence-electron chi connectivity index (χ0n) is 14.9. The first kappa shape index (κ1) is 19.7. The van der Waals surface area contributed by atoms with E-state index in [0.717, 1.165) is 28.9 Å². The highest BCUT2D eigenvalue weighted by Crippen LogP contribution is 2.26. The zero-order chi connectivity index (χ0) is 20.3. The number of aryl methyl sites for hydroxylation is 2. The van der Waals surface area contributed by atoms with Gasteiger partial charge in [0.2, 0.25) is 0 Å². The summed E-state index contributed by atoms with van der Waals surface area (Å²) in [5, 5.41) is 7.92. The number of ether oxygens (including phenoxy) is 1. The molecule has 3 aromatic rings. The van der Waals surface area contributed by atoms with Crippen LogP contribution in [-0.2, 0) is 0 Å². The molecule has 0 aliphatic carbocycles. The maximum atomic E-state index is 12.3. The van der Waals surface area contributed by atoms with Crippen molar-refractivity contribution in [3.63, 3.8) is 0 Å². The molecule has 5 nitrogen and oxygen atoms in total. The van der Waals surface area contributed by atoms with Crippen LogP contribution in [0.4, 0.5) is 29.7 Å². The number of nitrogens with zero attached hydrogens (tertiary/aromatic N) is 1. The summed E-state index contributed by atoms with van der Waals surface area (Å²) >= 11 is 1.28. The highest BCUT2D eigenvalue weighted by atomic mass is 32.1. The molecule has 1 aromatic heterocycles. The summed E-state index contributed by atoms with van der Waals surface area (Å²) in [5.41, 5.74) is 3.63. The SMILES string of the molecule is Cc1ccc(Nc2nc(C(=O)Nc3ccc(OC(F)(F)F)cc3)cs2)c(C)c1. The van der Waals surface area contributed by atoms with Crippen molar-refractivity contribution in [2.45, 2.75) is 20.2 Å². The average molecular weight is 407 g/mol. The Balaban J connectivity index is 1.64. The fourth-order valence-electron chi connectivity index (χ4n) is 2.44. The molecule has 1 amide bonds. The minimum absolute atomic E-state index is 0.202. The number of nitrogens with one attached hydrogen (secondary N) is 2. The van der Waals surface area contributed by atoms with E-state index in [2.05, 4.69) is 20.4 Å². The lowest BCUT2D eigenvalue weighted by Gasteiger charge is -2.09. The second-order valence-electron chi connectivity index (χ2n) is 6.01. The van der Waals surface area contributed by atoms with Gasteiger partial charge in [-0.05, 0) is 49.7 Å². The molecule has 146 valence electrons. The molecule has 0 radical (unpaired) electrons. The van der Waals surface area contributed by atoms with E-state index in [0.29, 0.717) is 10.8 Å². The molecule has 0 saturated carbocycles. The molecule has 3 rings (SSSR count). The summed E-state index contributed by atoms with van der Waals surface area (Å²) < 4.78 is 40.3. The number of halogens is 3. The van der Waals surface area contributed by atoms with Crippen LogP contribution in [0.3, 0.4) is 0 Å². The smallest absolute Gasteiger partial charge is 0.406 e. The Morgan fingerprint density at radius 1 is 1.11 bits per heavy atom. The lowest BCUT2D eigenvalue weighted by atomic mass is 10.1. The van der Waals surface area contributed by atoms with Gasteiger partial charge in [-0.2, -0.15) is 0 Å². The number of benzene rings is 2. The molecule has 0 unspecified atom stereocenters. The van der Waals surface area contributed by atoms with Gasteiger partial charge in [0.05, 0.1) is 0 Å². The standard InChI is InChI=1S/C19H16F3N3O2S/c1-11-3-8-15(12(2)9-11)24-18-25-16(10-28-18)17(26)23-13-4-6-14(7-5-13)27-19(20,21)22/h3-10H,1-2H3,(H,23,26)(H,24,25). The molecule has 2 N–H and O–H groups in total. The van der Waals surface area contributed by atoms with Crippen LogP contribution in [0.1, 0.15) is 21.6 Å². The number of carbonyl (C=O) groups is 1. The van der Waals surface area contributed by atoms with Crippen LogP contribution in [0.5, 0.6) is 5.75 Å². The number of thiazole rings is 1. The predicted molar refractivity (Wildman–Crippen MR) is 102 cm³/mol. The molecule has 0 aliphatic heterocycles. The van der Waals surface area contributed by atoms with Gasteiger partial charge < -0.3 is 15.4 Å². The minimum atomic E-state index is -4.76. The molecule has 9 heteroatoms. The Hall–Kier alpha value is -3.07. The highest BCUT2D eigenvalue weighted by Gasteiger charge is 2.31. The Bertz CT molecular complexity index is 985. The van der Waals surface area contributed by atoms with Crippen molar-refractivity contribution >= 4 is 33.8 Å². The van der Waals surface area contributed by atoms with Crippen LogP contribution in [0, 0.1) is 13.8 Å². The number of rotatable bonds is 5. The van der Waals surface area contributed by atoms with E-state index >= 15 is 0 Å². The third-order valence-corrected chi connectivity index (χ3v) is 4.46. The minimum Gasteiger partial charge on any atom is -0.406 e. The second kappa shape index (κ2) is 7.89. The molecule has 0 bridgehead atoms. The predicted octanol–water partition coefficient (Wildman–Crippen LogP) is 5.65. The number of aromatic nitrogens is 1. The molecular formula is C19H16F3N3O2S.